The Morgan fingerprint density at radius 1 is 1.00 bits per heavy atom. The minimum Gasteiger partial charge on any atom is -0.356 e. The van der Waals surface area contributed by atoms with Gasteiger partial charge in [-0.15, -0.1) is 0 Å². The van der Waals surface area contributed by atoms with Gasteiger partial charge in [-0.25, -0.2) is 4.98 Å². The van der Waals surface area contributed by atoms with Crippen LogP contribution >= 0.6 is 0 Å². The number of hydrogen-bond acceptors (Lipinski definition) is 3. The van der Waals surface area contributed by atoms with Gasteiger partial charge in [-0.1, -0.05) is 36.8 Å². The number of para-hydroxylation sites is 3. The predicted molar refractivity (Wildman–Crippen MR) is 130 cm³/mol. The van der Waals surface area contributed by atoms with E-state index in [1.807, 2.05) is 35.2 Å². The van der Waals surface area contributed by atoms with E-state index >= 15 is 0 Å². The Hall–Kier alpha value is -3.15. The third-order valence-electron chi connectivity index (χ3n) is 6.76. The standard InChI is InChI=1S/C27H32N4O2/c32-26(30-18-8-10-20-9-3-5-12-23(20)30)19-31-24-13-6-4-11-22(24)29-25(31)14-2-1-7-17-28-27(33)21-15-16-21/h3-6,9,11-13,21H,1-2,7-8,10,14-19H2,(H,28,33). The Labute approximate surface area is 195 Å². The molecule has 1 aliphatic heterocycles. The van der Waals surface area contributed by atoms with Crippen LogP contribution in [0.15, 0.2) is 48.5 Å². The van der Waals surface area contributed by atoms with Crippen LogP contribution in [0.2, 0.25) is 0 Å². The van der Waals surface area contributed by atoms with Crippen LogP contribution in [0.25, 0.3) is 11.0 Å². The molecule has 6 nitrogen and oxygen atoms in total. The molecule has 1 aromatic heterocycles. The second-order valence-corrected chi connectivity index (χ2v) is 9.26. The molecule has 33 heavy (non-hydrogen) atoms. The second-order valence-electron chi connectivity index (χ2n) is 9.26. The van der Waals surface area contributed by atoms with Crippen molar-refractivity contribution in [3.8, 4) is 0 Å². The highest BCUT2D eigenvalue weighted by Gasteiger charge is 2.29. The normalized spacial score (nSPS) is 15.5. The minimum absolute atomic E-state index is 0.120. The van der Waals surface area contributed by atoms with Gasteiger partial charge in [0.25, 0.3) is 0 Å². The van der Waals surface area contributed by atoms with Gasteiger partial charge in [-0.3, -0.25) is 9.59 Å². The monoisotopic (exact) mass is 444 g/mol. The minimum atomic E-state index is 0.120. The van der Waals surface area contributed by atoms with Crippen molar-refractivity contribution in [3.63, 3.8) is 0 Å². The third kappa shape index (κ3) is 4.95. The van der Waals surface area contributed by atoms with Crippen molar-refractivity contribution in [1.29, 1.82) is 0 Å². The van der Waals surface area contributed by atoms with Gasteiger partial charge in [0.05, 0.1) is 11.0 Å². The van der Waals surface area contributed by atoms with Crippen molar-refractivity contribution in [3.05, 3.63) is 59.9 Å². The molecule has 0 saturated heterocycles. The number of carbonyl (C=O) groups excluding carboxylic acids is 2. The highest BCUT2D eigenvalue weighted by atomic mass is 16.2. The van der Waals surface area contributed by atoms with Crippen LogP contribution < -0.4 is 10.2 Å². The highest BCUT2D eigenvalue weighted by molar-refractivity contribution is 5.95. The zero-order valence-electron chi connectivity index (χ0n) is 19.1. The zero-order valence-corrected chi connectivity index (χ0v) is 19.1. The first-order chi connectivity index (χ1) is 16.2. The number of hydrogen-bond donors (Lipinski definition) is 1. The van der Waals surface area contributed by atoms with Crippen LogP contribution in [-0.2, 0) is 29.0 Å². The summed E-state index contributed by atoms with van der Waals surface area (Å²) in [5.74, 6) is 1.58. The number of nitrogens with zero attached hydrogens (tertiary/aromatic N) is 3. The summed E-state index contributed by atoms with van der Waals surface area (Å²) in [4.78, 5) is 32.0. The zero-order chi connectivity index (χ0) is 22.6. The van der Waals surface area contributed by atoms with Gasteiger partial charge in [0, 0.05) is 31.1 Å². The van der Waals surface area contributed by atoms with Crippen LogP contribution in [0.5, 0.6) is 0 Å². The lowest BCUT2D eigenvalue weighted by molar-refractivity contribution is -0.122. The van der Waals surface area contributed by atoms with E-state index in [1.54, 1.807) is 0 Å². The number of benzene rings is 2. The number of aryl methyl sites for hydroxylation is 2. The molecule has 0 bridgehead atoms. The summed E-state index contributed by atoms with van der Waals surface area (Å²) in [6.07, 6.45) is 7.94. The lowest BCUT2D eigenvalue weighted by Gasteiger charge is -2.29. The van der Waals surface area contributed by atoms with Gasteiger partial charge in [0.15, 0.2) is 0 Å². The number of carbonyl (C=O) groups is 2. The number of unbranched alkanes of at least 4 members (excludes halogenated alkanes) is 2. The summed E-state index contributed by atoms with van der Waals surface area (Å²) in [7, 11) is 0. The Morgan fingerprint density at radius 3 is 2.70 bits per heavy atom. The van der Waals surface area contributed by atoms with E-state index in [0.717, 1.165) is 87.0 Å². The summed E-state index contributed by atoms with van der Waals surface area (Å²) >= 11 is 0. The van der Waals surface area contributed by atoms with E-state index in [-0.39, 0.29) is 17.7 Å². The molecule has 0 unspecified atom stereocenters. The van der Waals surface area contributed by atoms with Gasteiger partial charge in [0.2, 0.25) is 11.8 Å². The lowest BCUT2D eigenvalue weighted by Crippen LogP contribution is -2.38. The van der Waals surface area contributed by atoms with E-state index in [9.17, 15) is 9.59 Å². The van der Waals surface area contributed by atoms with E-state index in [4.69, 9.17) is 4.98 Å². The largest absolute Gasteiger partial charge is 0.356 e. The Kier molecular flexibility index (Phi) is 6.42. The number of imidazole rings is 1. The van der Waals surface area contributed by atoms with Crippen molar-refractivity contribution < 1.29 is 9.59 Å². The number of fused-ring (bicyclic) bond motifs is 2. The van der Waals surface area contributed by atoms with Gasteiger partial charge in [0.1, 0.15) is 12.4 Å². The molecule has 5 rings (SSSR count). The SMILES string of the molecule is O=C(NCCCCCc1nc2ccccc2n1CC(=O)N1CCCc2ccccc21)C1CC1. The molecular weight excluding hydrogens is 412 g/mol. The first kappa shape index (κ1) is 21.7. The van der Waals surface area contributed by atoms with Crippen LogP contribution in [-0.4, -0.2) is 34.5 Å². The van der Waals surface area contributed by atoms with E-state index in [0.29, 0.717) is 6.54 Å². The molecule has 0 atom stereocenters. The number of anilines is 1. The summed E-state index contributed by atoms with van der Waals surface area (Å²) in [5.41, 5.74) is 4.26. The summed E-state index contributed by atoms with van der Waals surface area (Å²) in [6, 6.07) is 16.3. The molecule has 3 aromatic rings. The van der Waals surface area contributed by atoms with Crippen molar-refractivity contribution in [2.75, 3.05) is 18.0 Å². The van der Waals surface area contributed by atoms with Crippen LogP contribution in [0.3, 0.4) is 0 Å². The molecular formula is C27H32N4O2. The summed E-state index contributed by atoms with van der Waals surface area (Å²) in [6.45, 7) is 1.82. The quantitative estimate of drug-likeness (QED) is 0.502. The fraction of sp³-hybridized carbons (Fsp3) is 0.444. The Morgan fingerprint density at radius 2 is 1.82 bits per heavy atom. The lowest BCUT2D eigenvalue weighted by atomic mass is 10.0. The molecule has 1 fully saturated rings. The molecule has 2 heterocycles. The Balaban J connectivity index is 1.24. The third-order valence-corrected chi connectivity index (χ3v) is 6.76. The van der Waals surface area contributed by atoms with Gasteiger partial charge >= 0.3 is 0 Å². The maximum absolute atomic E-state index is 13.4. The van der Waals surface area contributed by atoms with E-state index < -0.39 is 0 Å². The average Bonchev–Trinajstić information content (AvgIpc) is 3.64. The van der Waals surface area contributed by atoms with Crippen molar-refractivity contribution in [2.24, 2.45) is 5.92 Å². The molecule has 2 aliphatic rings. The first-order valence-electron chi connectivity index (χ1n) is 12.3. The average molecular weight is 445 g/mol. The second kappa shape index (κ2) is 9.77. The topological polar surface area (TPSA) is 67.2 Å². The van der Waals surface area contributed by atoms with Gasteiger partial charge in [-0.05, 0) is 62.3 Å². The molecule has 1 saturated carbocycles. The maximum atomic E-state index is 13.4. The molecule has 2 aromatic carbocycles. The number of amides is 2. The van der Waals surface area contributed by atoms with Crippen molar-refractivity contribution >= 4 is 28.5 Å². The number of rotatable bonds is 9. The van der Waals surface area contributed by atoms with Crippen molar-refractivity contribution in [2.45, 2.75) is 57.9 Å². The van der Waals surface area contributed by atoms with Gasteiger partial charge < -0.3 is 14.8 Å². The first-order valence-corrected chi connectivity index (χ1v) is 12.3. The number of nitrogens with one attached hydrogen (secondary N) is 1. The molecule has 0 spiro atoms. The Bertz CT molecular complexity index is 1150. The molecule has 6 heteroatoms. The smallest absolute Gasteiger partial charge is 0.246 e. The van der Waals surface area contributed by atoms with Crippen molar-refractivity contribution in [1.82, 2.24) is 14.9 Å². The molecule has 1 N–H and O–H groups in total. The van der Waals surface area contributed by atoms with Crippen LogP contribution in [0.1, 0.15) is 49.9 Å². The fourth-order valence-electron chi connectivity index (χ4n) is 4.79. The summed E-state index contributed by atoms with van der Waals surface area (Å²) < 4.78 is 2.10. The molecule has 1 aliphatic carbocycles. The molecule has 172 valence electrons. The fourth-order valence-corrected chi connectivity index (χ4v) is 4.79. The summed E-state index contributed by atoms with van der Waals surface area (Å²) in [5, 5.41) is 3.04. The molecule has 0 radical (unpaired) electrons. The molecule has 2 amide bonds. The van der Waals surface area contributed by atoms with E-state index in [2.05, 4.69) is 28.1 Å². The van der Waals surface area contributed by atoms with E-state index in [1.165, 1.54) is 5.56 Å². The van der Waals surface area contributed by atoms with Gasteiger partial charge in [-0.2, -0.15) is 0 Å². The number of aromatic nitrogens is 2. The van der Waals surface area contributed by atoms with Crippen LogP contribution in [0.4, 0.5) is 5.69 Å². The highest BCUT2D eigenvalue weighted by Crippen LogP contribution is 2.29. The van der Waals surface area contributed by atoms with Crippen LogP contribution in [0, 0.1) is 5.92 Å². The predicted octanol–water partition coefficient (Wildman–Crippen LogP) is 4.25. The maximum Gasteiger partial charge on any atom is 0.246 e.